The maximum atomic E-state index is 11.5. The van der Waals surface area contributed by atoms with Crippen LogP contribution in [0.5, 0.6) is 0 Å². The van der Waals surface area contributed by atoms with Gasteiger partial charge in [0.1, 0.15) is 30.3 Å². The molecule has 176 valence electrons. The summed E-state index contributed by atoms with van der Waals surface area (Å²) in [5.74, 6) is 0.350. The van der Waals surface area contributed by atoms with E-state index < -0.39 is 35.8 Å². The smallest absolute Gasteiger partial charge is 0.302 e. The zero-order valence-electron chi connectivity index (χ0n) is 18.8. The summed E-state index contributed by atoms with van der Waals surface area (Å²) < 4.78 is 24.1. The van der Waals surface area contributed by atoms with Crippen LogP contribution in [0.3, 0.4) is 0 Å². The minimum Gasteiger partial charge on any atom is -0.463 e. The van der Waals surface area contributed by atoms with Crippen molar-refractivity contribution in [1.82, 2.24) is 0 Å². The fraction of sp³-hybridized carbons (Fsp3) is 0.458. The third-order valence-electron chi connectivity index (χ3n) is 5.15. The number of rotatable bonds is 11. The van der Waals surface area contributed by atoms with Crippen molar-refractivity contribution in [3.05, 3.63) is 82.2 Å². The van der Waals surface area contributed by atoms with Gasteiger partial charge in [-0.15, -0.1) is 11.8 Å². The Kier molecular flexibility index (Phi) is 10.1. The van der Waals surface area contributed by atoms with Crippen LogP contribution in [0.15, 0.2) is 65.8 Å². The molecule has 33 heavy (non-hydrogen) atoms. The number of carbonyl (C=O) groups excluding carboxylic acids is 1. The van der Waals surface area contributed by atoms with Gasteiger partial charge in [-0.2, -0.15) is 0 Å². The Morgan fingerprint density at radius 2 is 1.61 bits per heavy atom. The van der Waals surface area contributed by atoms with Crippen molar-refractivity contribution in [2.75, 3.05) is 12.4 Å². The monoisotopic (exact) mass is 471 g/mol. The zero-order chi connectivity index (χ0) is 23.5. The largest absolute Gasteiger partial charge is 0.463 e. The normalized spacial score (nSPS) is 24.6. The molecule has 0 radical (unpaired) electrons. The van der Waals surface area contributed by atoms with E-state index in [4.69, 9.17) is 18.9 Å². The standard InChI is InChI=1S/C24H29N3O5S/c1-3-33-24-21(26-27-25)23(31-15-19-12-8-5-9-13-19)22(20(32-24)16-29-17(2)28)30-14-18-10-6-4-7-11-18/h4-13,20-24H,3,14-16H2,1-2H3/t20-,21+,22-,23-,24+/m1/s1. The molecule has 9 heteroatoms. The Morgan fingerprint density at radius 3 is 2.12 bits per heavy atom. The molecule has 8 nitrogen and oxygen atoms in total. The molecule has 3 rings (SSSR count). The summed E-state index contributed by atoms with van der Waals surface area (Å²) in [6.45, 7) is 4.00. The summed E-state index contributed by atoms with van der Waals surface area (Å²) in [7, 11) is 0. The molecule has 0 spiro atoms. The van der Waals surface area contributed by atoms with E-state index in [-0.39, 0.29) is 6.61 Å². The van der Waals surface area contributed by atoms with Crippen molar-refractivity contribution in [2.45, 2.75) is 56.9 Å². The van der Waals surface area contributed by atoms with Crippen LogP contribution in [0.1, 0.15) is 25.0 Å². The maximum Gasteiger partial charge on any atom is 0.302 e. The molecule has 0 saturated carbocycles. The molecule has 1 heterocycles. The van der Waals surface area contributed by atoms with Crippen molar-refractivity contribution < 1.29 is 23.7 Å². The van der Waals surface area contributed by atoms with Crippen LogP contribution >= 0.6 is 11.8 Å². The van der Waals surface area contributed by atoms with Gasteiger partial charge in [0.05, 0.1) is 19.3 Å². The first-order chi connectivity index (χ1) is 16.1. The number of hydrogen-bond acceptors (Lipinski definition) is 7. The molecule has 0 aliphatic carbocycles. The van der Waals surface area contributed by atoms with Gasteiger partial charge in [0.2, 0.25) is 0 Å². The minimum atomic E-state index is -0.613. The summed E-state index contributed by atoms with van der Waals surface area (Å²) >= 11 is 1.52. The molecule has 1 aliphatic rings. The second-order valence-corrected chi connectivity index (χ2v) is 8.89. The number of esters is 1. The average Bonchev–Trinajstić information content (AvgIpc) is 2.83. The van der Waals surface area contributed by atoms with Crippen LogP contribution in [-0.2, 0) is 37.0 Å². The Bertz CT molecular complexity index is 911. The van der Waals surface area contributed by atoms with E-state index in [1.54, 1.807) is 0 Å². The van der Waals surface area contributed by atoms with Crippen molar-refractivity contribution in [3.63, 3.8) is 0 Å². The molecule has 1 aliphatic heterocycles. The highest BCUT2D eigenvalue weighted by atomic mass is 32.2. The summed E-state index contributed by atoms with van der Waals surface area (Å²) in [6.07, 6.45) is -1.78. The van der Waals surface area contributed by atoms with Crippen molar-refractivity contribution >= 4 is 17.7 Å². The van der Waals surface area contributed by atoms with Crippen LogP contribution in [-0.4, -0.2) is 48.1 Å². The summed E-state index contributed by atoms with van der Waals surface area (Å²) in [4.78, 5) is 14.6. The number of hydrogen-bond donors (Lipinski definition) is 0. The average molecular weight is 472 g/mol. The number of carbonyl (C=O) groups is 1. The number of azide groups is 1. The van der Waals surface area contributed by atoms with Gasteiger partial charge in [-0.3, -0.25) is 4.79 Å². The third kappa shape index (κ3) is 7.48. The molecule has 0 amide bonds. The lowest BCUT2D eigenvalue weighted by atomic mass is 9.97. The molecular formula is C24H29N3O5S. The molecule has 0 aromatic heterocycles. The van der Waals surface area contributed by atoms with Gasteiger partial charge in [0, 0.05) is 11.8 Å². The molecule has 2 aromatic carbocycles. The van der Waals surface area contributed by atoms with E-state index in [1.165, 1.54) is 18.7 Å². The van der Waals surface area contributed by atoms with E-state index in [0.29, 0.717) is 13.2 Å². The SMILES string of the molecule is CCS[C@@H]1O[C@H](COC(C)=O)[C@@H](OCc2ccccc2)[C@H](OCc2ccccc2)[C@@H]1N=[N+]=[N-]. The Hall–Kier alpha value is -2.55. The molecule has 0 unspecified atom stereocenters. The Balaban J connectivity index is 1.88. The molecule has 0 bridgehead atoms. The van der Waals surface area contributed by atoms with Gasteiger partial charge in [-0.05, 0) is 22.4 Å². The quantitative estimate of drug-likeness (QED) is 0.200. The van der Waals surface area contributed by atoms with Gasteiger partial charge in [-0.1, -0.05) is 72.7 Å². The van der Waals surface area contributed by atoms with Crippen molar-refractivity contribution in [2.24, 2.45) is 5.11 Å². The first-order valence-electron chi connectivity index (χ1n) is 10.9. The van der Waals surface area contributed by atoms with Crippen LogP contribution in [0.2, 0.25) is 0 Å². The van der Waals surface area contributed by atoms with E-state index in [0.717, 1.165) is 16.9 Å². The fourth-order valence-electron chi connectivity index (χ4n) is 3.64. The van der Waals surface area contributed by atoms with E-state index in [2.05, 4.69) is 10.0 Å². The van der Waals surface area contributed by atoms with Crippen LogP contribution in [0.4, 0.5) is 0 Å². The maximum absolute atomic E-state index is 11.5. The highest BCUT2D eigenvalue weighted by Gasteiger charge is 2.47. The molecule has 5 atom stereocenters. The third-order valence-corrected chi connectivity index (χ3v) is 6.20. The van der Waals surface area contributed by atoms with Gasteiger partial charge < -0.3 is 18.9 Å². The van der Waals surface area contributed by atoms with Gasteiger partial charge in [0.25, 0.3) is 0 Å². The fourth-order valence-corrected chi connectivity index (χ4v) is 4.59. The summed E-state index contributed by atoms with van der Waals surface area (Å²) in [6, 6.07) is 18.9. The van der Waals surface area contributed by atoms with Crippen molar-refractivity contribution in [3.8, 4) is 0 Å². The first-order valence-corrected chi connectivity index (χ1v) is 11.9. The zero-order valence-corrected chi connectivity index (χ0v) is 19.6. The highest BCUT2D eigenvalue weighted by Crippen LogP contribution is 2.35. The predicted molar refractivity (Wildman–Crippen MR) is 126 cm³/mol. The van der Waals surface area contributed by atoms with Gasteiger partial charge in [-0.25, -0.2) is 0 Å². The first kappa shape index (κ1) is 25.1. The highest BCUT2D eigenvalue weighted by molar-refractivity contribution is 7.99. The number of nitrogens with zero attached hydrogens (tertiary/aromatic N) is 3. The molecule has 1 fully saturated rings. The Labute approximate surface area is 198 Å². The van der Waals surface area contributed by atoms with Crippen LogP contribution < -0.4 is 0 Å². The minimum absolute atomic E-state index is 0.0176. The lowest BCUT2D eigenvalue weighted by molar-refractivity contribution is -0.210. The second kappa shape index (κ2) is 13.2. The van der Waals surface area contributed by atoms with E-state index in [1.807, 2.05) is 67.6 Å². The Morgan fingerprint density at radius 1 is 1.03 bits per heavy atom. The van der Waals surface area contributed by atoms with Crippen LogP contribution in [0, 0.1) is 0 Å². The summed E-state index contributed by atoms with van der Waals surface area (Å²) in [5.41, 5.74) is 10.8. The van der Waals surface area contributed by atoms with E-state index in [9.17, 15) is 10.3 Å². The molecular weight excluding hydrogens is 442 g/mol. The van der Waals surface area contributed by atoms with Crippen molar-refractivity contribution in [1.29, 1.82) is 0 Å². The number of thioether (sulfide) groups is 1. The molecule has 1 saturated heterocycles. The van der Waals surface area contributed by atoms with Crippen LogP contribution in [0.25, 0.3) is 10.4 Å². The summed E-state index contributed by atoms with van der Waals surface area (Å²) in [5, 5.41) is 4.03. The molecule has 0 N–H and O–H groups in total. The number of ether oxygens (including phenoxy) is 4. The second-order valence-electron chi connectivity index (χ2n) is 7.52. The van der Waals surface area contributed by atoms with E-state index >= 15 is 0 Å². The predicted octanol–water partition coefficient (Wildman–Crippen LogP) is 4.88. The lowest BCUT2D eigenvalue weighted by Crippen LogP contribution is -2.59. The lowest BCUT2D eigenvalue weighted by Gasteiger charge is -2.44. The van der Waals surface area contributed by atoms with Gasteiger partial charge in [0.15, 0.2) is 0 Å². The number of benzene rings is 2. The topological polar surface area (TPSA) is 103 Å². The molecule has 2 aromatic rings. The van der Waals surface area contributed by atoms with Gasteiger partial charge >= 0.3 is 5.97 Å².